The van der Waals surface area contributed by atoms with Crippen molar-refractivity contribution >= 4 is 27.3 Å². The van der Waals surface area contributed by atoms with Gasteiger partial charge in [0.15, 0.2) is 0 Å². The van der Waals surface area contributed by atoms with E-state index in [1.54, 1.807) is 0 Å². The molecule has 1 rings (SSSR count). The first-order chi connectivity index (χ1) is 9.21. The van der Waals surface area contributed by atoms with Gasteiger partial charge in [-0.15, -0.1) is 0 Å². The minimum absolute atomic E-state index is 0.00863. The molecule has 0 aliphatic rings. The molecule has 1 aromatic rings. The Morgan fingerprint density at radius 3 is 2.60 bits per heavy atom. The van der Waals surface area contributed by atoms with Gasteiger partial charge >= 0.3 is 0 Å². The fourth-order valence-electron chi connectivity index (χ4n) is 1.56. The number of benzene rings is 1. The highest BCUT2D eigenvalue weighted by Crippen LogP contribution is 2.31. The highest BCUT2D eigenvalue weighted by atomic mass is 35.5. The molecule has 0 heterocycles. The maximum absolute atomic E-state index is 12.3. The second-order valence-electron chi connectivity index (χ2n) is 4.06. The summed E-state index contributed by atoms with van der Waals surface area (Å²) in [6.07, 6.45) is 0.0322. The molecule has 0 saturated carbocycles. The summed E-state index contributed by atoms with van der Waals surface area (Å²) in [5, 5.41) is 19.2. The standard InChI is InChI=1S/C11H12ClN3O4S/c1-8-6-9(12)10(15(16)17)7-11(8)20(18,19)14(2)5-3-4-13/h6-7H,3,5H2,1-2H3. The predicted molar refractivity (Wildman–Crippen MR) is 72.9 cm³/mol. The van der Waals surface area contributed by atoms with Crippen molar-refractivity contribution in [3.8, 4) is 6.07 Å². The summed E-state index contributed by atoms with van der Waals surface area (Å²) >= 11 is 5.72. The molecule has 20 heavy (non-hydrogen) atoms. The average molecular weight is 318 g/mol. The molecule has 0 aromatic heterocycles. The molecule has 0 radical (unpaired) electrons. The number of sulfonamides is 1. The van der Waals surface area contributed by atoms with E-state index < -0.39 is 20.6 Å². The van der Waals surface area contributed by atoms with Crippen LogP contribution in [0.25, 0.3) is 0 Å². The van der Waals surface area contributed by atoms with Crippen molar-refractivity contribution in [3.05, 3.63) is 32.8 Å². The maximum Gasteiger partial charge on any atom is 0.289 e. The van der Waals surface area contributed by atoms with Gasteiger partial charge in [0, 0.05) is 26.1 Å². The van der Waals surface area contributed by atoms with Gasteiger partial charge in [-0.2, -0.15) is 9.57 Å². The van der Waals surface area contributed by atoms with Crippen LogP contribution in [-0.2, 0) is 10.0 Å². The molecule has 0 aliphatic heterocycles. The Labute approximate surface area is 121 Å². The van der Waals surface area contributed by atoms with Crippen LogP contribution < -0.4 is 0 Å². The summed E-state index contributed by atoms with van der Waals surface area (Å²) in [5.74, 6) is 0. The zero-order valence-corrected chi connectivity index (χ0v) is 12.4. The zero-order chi connectivity index (χ0) is 15.5. The van der Waals surface area contributed by atoms with E-state index >= 15 is 0 Å². The van der Waals surface area contributed by atoms with Crippen LogP contribution in [0.2, 0.25) is 5.02 Å². The number of nitriles is 1. The Kier molecular flexibility index (Phi) is 5.05. The van der Waals surface area contributed by atoms with Crippen molar-refractivity contribution in [2.24, 2.45) is 0 Å². The second kappa shape index (κ2) is 6.17. The third-order valence-corrected chi connectivity index (χ3v) is 4.97. The number of nitrogens with zero attached hydrogens (tertiary/aromatic N) is 3. The Bertz CT molecular complexity index is 682. The number of hydrogen-bond acceptors (Lipinski definition) is 5. The molecule has 0 saturated heterocycles. The fourth-order valence-corrected chi connectivity index (χ4v) is 3.24. The van der Waals surface area contributed by atoms with Crippen LogP contribution in [0.15, 0.2) is 17.0 Å². The molecule has 0 fully saturated rings. The minimum atomic E-state index is -3.90. The summed E-state index contributed by atoms with van der Waals surface area (Å²) < 4.78 is 25.6. The molecular weight excluding hydrogens is 306 g/mol. The third kappa shape index (κ3) is 3.25. The van der Waals surface area contributed by atoms with Crippen LogP contribution in [0.4, 0.5) is 5.69 Å². The van der Waals surface area contributed by atoms with Crippen molar-refractivity contribution < 1.29 is 13.3 Å². The lowest BCUT2D eigenvalue weighted by molar-refractivity contribution is -0.384. The van der Waals surface area contributed by atoms with Gasteiger partial charge in [0.25, 0.3) is 5.69 Å². The fraction of sp³-hybridized carbons (Fsp3) is 0.364. The van der Waals surface area contributed by atoms with E-state index in [1.807, 2.05) is 6.07 Å². The first-order valence-electron chi connectivity index (χ1n) is 5.49. The van der Waals surface area contributed by atoms with Gasteiger partial charge in [-0.3, -0.25) is 10.1 Å². The van der Waals surface area contributed by atoms with Crippen LogP contribution in [-0.4, -0.2) is 31.2 Å². The van der Waals surface area contributed by atoms with Crippen LogP contribution >= 0.6 is 11.6 Å². The molecule has 9 heteroatoms. The van der Waals surface area contributed by atoms with Crippen LogP contribution in [0.1, 0.15) is 12.0 Å². The average Bonchev–Trinajstić information content (AvgIpc) is 2.34. The van der Waals surface area contributed by atoms with Gasteiger partial charge in [0.05, 0.1) is 15.9 Å². The maximum atomic E-state index is 12.3. The van der Waals surface area contributed by atoms with Crippen molar-refractivity contribution in [2.75, 3.05) is 13.6 Å². The monoisotopic (exact) mass is 317 g/mol. The summed E-state index contributed by atoms with van der Waals surface area (Å²) in [5.41, 5.74) is -0.158. The van der Waals surface area contributed by atoms with E-state index in [0.717, 1.165) is 10.4 Å². The zero-order valence-electron chi connectivity index (χ0n) is 10.8. The van der Waals surface area contributed by atoms with Gasteiger partial charge in [-0.1, -0.05) is 11.6 Å². The van der Waals surface area contributed by atoms with Gasteiger partial charge in [-0.25, -0.2) is 8.42 Å². The topological polar surface area (TPSA) is 104 Å². The van der Waals surface area contributed by atoms with E-state index in [4.69, 9.17) is 16.9 Å². The third-order valence-electron chi connectivity index (χ3n) is 2.67. The molecule has 0 atom stereocenters. The number of aryl methyl sites for hydroxylation is 1. The van der Waals surface area contributed by atoms with E-state index in [0.29, 0.717) is 5.56 Å². The van der Waals surface area contributed by atoms with Gasteiger partial charge in [-0.05, 0) is 18.6 Å². The smallest absolute Gasteiger partial charge is 0.258 e. The molecule has 7 nitrogen and oxygen atoms in total. The lowest BCUT2D eigenvalue weighted by Gasteiger charge is -2.17. The molecular formula is C11H12ClN3O4S. The molecule has 108 valence electrons. The molecule has 0 spiro atoms. The van der Waals surface area contributed by atoms with Crippen molar-refractivity contribution in [1.29, 1.82) is 5.26 Å². The van der Waals surface area contributed by atoms with Gasteiger partial charge in [0.2, 0.25) is 10.0 Å². The van der Waals surface area contributed by atoms with Gasteiger partial charge < -0.3 is 0 Å². The molecule has 0 aliphatic carbocycles. The van der Waals surface area contributed by atoms with Crippen LogP contribution in [0, 0.1) is 28.4 Å². The van der Waals surface area contributed by atoms with Crippen LogP contribution in [0.5, 0.6) is 0 Å². The number of hydrogen-bond donors (Lipinski definition) is 0. The first-order valence-corrected chi connectivity index (χ1v) is 7.31. The van der Waals surface area contributed by atoms with Crippen molar-refractivity contribution in [1.82, 2.24) is 4.31 Å². The lowest BCUT2D eigenvalue weighted by atomic mass is 10.2. The van der Waals surface area contributed by atoms with Crippen molar-refractivity contribution in [3.63, 3.8) is 0 Å². The molecule has 0 unspecified atom stereocenters. The van der Waals surface area contributed by atoms with Crippen LogP contribution in [0.3, 0.4) is 0 Å². The first kappa shape index (κ1) is 16.4. The van der Waals surface area contributed by atoms with Crippen molar-refractivity contribution in [2.45, 2.75) is 18.2 Å². The molecule has 0 N–H and O–H groups in total. The summed E-state index contributed by atoms with van der Waals surface area (Å²) in [6, 6.07) is 4.02. The number of nitro benzene ring substituents is 1. The highest BCUT2D eigenvalue weighted by molar-refractivity contribution is 7.89. The Balaban J connectivity index is 3.35. The van der Waals surface area contributed by atoms with Gasteiger partial charge in [0.1, 0.15) is 5.02 Å². The molecule has 0 bridgehead atoms. The second-order valence-corrected chi connectivity index (χ2v) is 6.48. The Hall–Kier alpha value is -1.69. The normalized spacial score (nSPS) is 11.3. The Morgan fingerprint density at radius 2 is 2.10 bits per heavy atom. The number of nitro groups is 1. The van der Waals surface area contributed by atoms with E-state index in [-0.39, 0.29) is 22.9 Å². The predicted octanol–water partition coefficient (Wildman–Crippen LogP) is 2.09. The number of halogens is 1. The largest absolute Gasteiger partial charge is 0.289 e. The highest BCUT2D eigenvalue weighted by Gasteiger charge is 2.26. The molecule has 0 amide bonds. The minimum Gasteiger partial charge on any atom is -0.258 e. The SMILES string of the molecule is Cc1cc(Cl)c([N+](=O)[O-])cc1S(=O)(=O)N(C)CCC#N. The van der Waals surface area contributed by atoms with E-state index in [9.17, 15) is 18.5 Å². The summed E-state index contributed by atoms with van der Waals surface area (Å²) in [6.45, 7) is 1.51. The Morgan fingerprint density at radius 1 is 1.50 bits per heavy atom. The summed E-state index contributed by atoms with van der Waals surface area (Å²) in [7, 11) is -2.58. The van der Waals surface area contributed by atoms with E-state index in [1.165, 1.54) is 20.0 Å². The number of rotatable bonds is 5. The molecule has 1 aromatic carbocycles. The quantitative estimate of drug-likeness (QED) is 0.610. The van der Waals surface area contributed by atoms with E-state index in [2.05, 4.69) is 0 Å². The lowest BCUT2D eigenvalue weighted by Crippen LogP contribution is -2.28. The summed E-state index contributed by atoms with van der Waals surface area (Å²) in [4.78, 5) is 9.90.